The number of hydrogen-bond acceptors (Lipinski definition) is 8. The number of ether oxygens (including phenoxy) is 2. The molecular formula is C38H40N6O8. The summed E-state index contributed by atoms with van der Waals surface area (Å²) in [5.74, 6) is -1.16. The summed E-state index contributed by atoms with van der Waals surface area (Å²) in [6, 6.07) is 24.4. The maximum atomic E-state index is 13.3. The van der Waals surface area contributed by atoms with Gasteiger partial charge in [0.15, 0.2) is 0 Å². The Morgan fingerprint density at radius 3 is 2.15 bits per heavy atom. The normalized spacial score (nSPS) is 11.0. The Bertz CT molecular complexity index is 2070. The largest absolute Gasteiger partial charge is 0.488 e. The molecule has 2 heterocycles. The first-order valence-electron chi connectivity index (χ1n) is 16.0. The Labute approximate surface area is 300 Å². The minimum absolute atomic E-state index is 0.0544. The van der Waals surface area contributed by atoms with Gasteiger partial charge in [0.25, 0.3) is 5.91 Å². The number of nitrogens with one attached hydrogen (secondary N) is 3. The number of aromatic nitrogens is 3. The van der Waals surface area contributed by atoms with Crippen LogP contribution in [0, 0.1) is 6.92 Å². The van der Waals surface area contributed by atoms with Gasteiger partial charge in [-0.25, -0.2) is 24.0 Å². The fourth-order valence-corrected chi connectivity index (χ4v) is 4.74. The summed E-state index contributed by atoms with van der Waals surface area (Å²) in [4.78, 5) is 48.5. The Hall–Kier alpha value is -6.54. The smallest absolute Gasteiger partial charge is 0.328 e. The third-order valence-electron chi connectivity index (χ3n) is 7.26. The van der Waals surface area contributed by atoms with Gasteiger partial charge in [-0.2, -0.15) is 5.10 Å². The van der Waals surface area contributed by atoms with Crippen LogP contribution in [0.2, 0.25) is 0 Å². The minimum Gasteiger partial charge on any atom is -0.488 e. The van der Waals surface area contributed by atoms with Crippen LogP contribution in [0.15, 0.2) is 97.2 Å². The van der Waals surface area contributed by atoms with Gasteiger partial charge in [-0.3, -0.25) is 10.1 Å². The number of carboxylic acid groups (broad SMARTS) is 2. The average molecular weight is 709 g/mol. The number of carbonyl (C=O) groups excluding carboxylic acids is 2. The summed E-state index contributed by atoms with van der Waals surface area (Å²) in [6.07, 6.45) is 2.73. The van der Waals surface area contributed by atoms with Gasteiger partial charge in [-0.05, 0) is 48.9 Å². The highest BCUT2D eigenvalue weighted by molar-refractivity contribution is 6.07. The molecule has 52 heavy (non-hydrogen) atoms. The summed E-state index contributed by atoms with van der Waals surface area (Å²) in [7, 11) is 1.46. The summed E-state index contributed by atoms with van der Waals surface area (Å²) < 4.78 is 12.8. The van der Waals surface area contributed by atoms with E-state index < -0.39 is 18.0 Å². The zero-order chi connectivity index (χ0) is 37.8. The van der Waals surface area contributed by atoms with Crippen LogP contribution in [0.3, 0.4) is 0 Å². The number of urea groups is 1. The molecule has 5 aromatic rings. The van der Waals surface area contributed by atoms with Gasteiger partial charge >= 0.3 is 18.0 Å². The molecule has 0 atom stereocenters. The maximum absolute atomic E-state index is 13.3. The molecule has 0 saturated heterocycles. The predicted octanol–water partition coefficient (Wildman–Crippen LogP) is 6.55. The van der Waals surface area contributed by atoms with Crippen LogP contribution in [0.25, 0.3) is 16.5 Å². The number of methoxy groups -OCH3 is 1. The molecule has 0 aliphatic rings. The number of carbonyl (C=O) groups is 4. The minimum atomic E-state index is -1.26. The van der Waals surface area contributed by atoms with Gasteiger partial charge in [-0.1, -0.05) is 62.7 Å². The van der Waals surface area contributed by atoms with Crippen molar-refractivity contribution in [3.63, 3.8) is 0 Å². The van der Waals surface area contributed by atoms with E-state index >= 15 is 0 Å². The molecule has 3 amide bonds. The number of amides is 3. The fourth-order valence-electron chi connectivity index (χ4n) is 4.74. The second kappa shape index (κ2) is 17.4. The molecule has 270 valence electrons. The number of carboxylic acids is 2. The zero-order valence-electron chi connectivity index (χ0n) is 29.3. The number of aliphatic carboxylic acids is 2. The lowest BCUT2D eigenvalue weighted by Gasteiger charge is -2.15. The molecule has 0 aliphatic heterocycles. The Morgan fingerprint density at radius 2 is 1.52 bits per heavy atom. The quantitative estimate of drug-likeness (QED) is 0.0940. The van der Waals surface area contributed by atoms with Crippen molar-refractivity contribution in [3.8, 4) is 11.4 Å². The molecular weight excluding hydrogens is 668 g/mol. The van der Waals surface area contributed by atoms with Crippen LogP contribution in [-0.2, 0) is 31.1 Å². The summed E-state index contributed by atoms with van der Waals surface area (Å²) in [6.45, 7) is 8.49. The predicted molar refractivity (Wildman–Crippen MR) is 197 cm³/mol. The monoisotopic (exact) mass is 708 g/mol. The van der Waals surface area contributed by atoms with Gasteiger partial charge in [0.1, 0.15) is 30.6 Å². The summed E-state index contributed by atoms with van der Waals surface area (Å²) in [5.41, 5.74) is 4.12. The highest BCUT2D eigenvalue weighted by Gasteiger charge is 2.22. The van der Waals surface area contributed by atoms with Crippen molar-refractivity contribution in [1.29, 1.82) is 0 Å². The molecule has 0 spiro atoms. The van der Waals surface area contributed by atoms with Gasteiger partial charge in [-0.15, -0.1) is 0 Å². The molecule has 0 fully saturated rings. The molecule has 14 nitrogen and oxygen atoms in total. The molecule has 3 aromatic carbocycles. The Balaban J connectivity index is 0.000000677. The van der Waals surface area contributed by atoms with E-state index in [0.29, 0.717) is 35.2 Å². The van der Waals surface area contributed by atoms with E-state index in [-0.39, 0.29) is 24.5 Å². The Kier molecular flexibility index (Phi) is 12.8. The van der Waals surface area contributed by atoms with Gasteiger partial charge < -0.3 is 30.3 Å². The average Bonchev–Trinajstić information content (AvgIpc) is 3.52. The summed E-state index contributed by atoms with van der Waals surface area (Å²) >= 11 is 0. The highest BCUT2D eigenvalue weighted by atomic mass is 16.5. The number of pyridine rings is 1. The van der Waals surface area contributed by atoms with E-state index in [9.17, 15) is 19.2 Å². The Morgan fingerprint density at radius 1 is 0.846 bits per heavy atom. The molecule has 0 radical (unpaired) electrons. The molecule has 14 heteroatoms. The number of hydrogen-bond donors (Lipinski definition) is 5. The molecule has 2 aromatic heterocycles. The molecule has 5 N–H and O–H groups in total. The third kappa shape index (κ3) is 11.0. The lowest BCUT2D eigenvalue weighted by Crippen LogP contribution is -2.21. The number of aryl methyl sites for hydroxylation is 1. The van der Waals surface area contributed by atoms with Crippen LogP contribution < -0.4 is 20.7 Å². The van der Waals surface area contributed by atoms with Gasteiger partial charge in [0.2, 0.25) is 0 Å². The van der Waals surface area contributed by atoms with Crippen molar-refractivity contribution < 1.29 is 38.9 Å². The van der Waals surface area contributed by atoms with E-state index in [0.717, 1.165) is 33.3 Å². The standard InChI is InChI=1S/C34H36N6O4.C4H4O4/c1-22-10-12-24(13-11-22)40-31(19-29(39-40)34(2,3)4)38-33(42)36-27-14-15-28(26-9-7-6-8-25(26)27)44-20-23-16-17-35-30(18-23)37-32(41)21-43-5;5-3(6)1-2-4(7)8/h6-19H,20-21H2,1-5H3,(H,35,37,41)(H2,36,38,42);1-2H,(H,5,6)(H,7,8)/b;2-1+. The van der Waals surface area contributed by atoms with Crippen molar-refractivity contribution in [1.82, 2.24) is 14.8 Å². The van der Waals surface area contributed by atoms with E-state index in [4.69, 9.17) is 24.8 Å². The zero-order valence-corrected chi connectivity index (χ0v) is 29.3. The number of rotatable bonds is 11. The van der Waals surface area contributed by atoms with E-state index in [1.54, 1.807) is 16.9 Å². The van der Waals surface area contributed by atoms with Crippen molar-refractivity contribution in [2.75, 3.05) is 29.7 Å². The number of anilines is 3. The van der Waals surface area contributed by atoms with Crippen LogP contribution in [-0.4, -0.2) is 62.6 Å². The second-order valence-electron chi connectivity index (χ2n) is 12.5. The number of fused-ring (bicyclic) bond motifs is 1. The molecule has 0 aliphatic carbocycles. The molecule has 5 rings (SSSR count). The lowest BCUT2D eigenvalue weighted by atomic mass is 9.92. The van der Waals surface area contributed by atoms with Crippen molar-refractivity contribution in [2.45, 2.75) is 39.7 Å². The van der Waals surface area contributed by atoms with E-state index in [1.165, 1.54) is 7.11 Å². The number of nitrogens with zero attached hydrogens (tertiary/aromatic N) is 3. The van der Waals surface area contributed by atoms with Crippen LogP contribution in [0.4, 0.5) is 22.1 Å². The SMILES string of the molecule is COCC(=O)Nc1cc(COc2ccc(NC(=O)Nc3cc(C(C)(C)C)nn3-c3ccc(C)cc3)c3ccccc23)ccn1.O=C(O)/C=C/C(=O)O. The van der Waals surface area contributed by atoms with Gasteiger partial charge in [0, 0.05) is 47.7 Å². The van der Waals surface area contributed by atoms with Crippen LogP contribution in [0.5, 0.6) is 5.75 Å². The first-order chi connectivity index (χ1) is 24.7. The topological polar surface area (TPSA) is 194 Å². The first kappa shape index (κ1) is 38.3. The fraction of sp³-hybridized carbons (Fsp3) is 0.211. The first-order valence-corrected chi connectivity index (χ1v) is 16.0. The molecule has 0 saturated carbocycles. The van der Waals surface area contributed by atoms with Crippen molar-refractivity contribution >= 4 is 52.0 Å². The third-order valence-corrected chi connectivity index (χ3v) is 7.26. The van der Waals surface area contributed by atoms with E-state index in [2.05, 4.69) is 41.7 Å². The van der Waals surface area contributed by atoms with Crippen molar-refractivity contribution in [3.05, 3.63) is 114 Å². The van der Waals surface area contributed by atoms with Gasteiger partial charge in [0.05, 0.1) is 17.1 Å². The lowest BCUT2D eigenvalue weighted by molar-refractivity contribution is -0.134. The van der Waals surface area contributed by atoms with Crippen LogP contribution in [0.1, 0.15) is 37.6 Å². The van der Waals surface area contributed by atoms with E-state index in [1.807, 2.05) is 79.7 Å². The number of benzene rings is 3. The molecule has 0 unspecified atom stereocenters. The maximum Gasteiger partial charge on any atom is 0.328 e. The summed E-state index contributed by atoms with van der Waals surface area (Å²) in [5, 5.41) is 30.8. The highest BCUT2D eigenvalue weighted by Crippen LogP contribution is 2.33. The molecule has 0 bridgehead atoms. The van der Waals surface area contributed by atoms with Crippen molar-refractivity contribution in [2.24, 2.45) is 0 Å². The second-order valence-corrected chi connectivity index (χ2v) is 12.5. The van der Waals surface area contributed by atoms with Crippen LogP contribution >= 0.6 is 0 Å².